The van der Waals surface area contributed by atoms with E-state index in [1.165, 1.54) is 25.7 Å². The van der Waals surface area contributed by atoms with E-state index in [9.17, 15) is 0 Å². The smallest absolute Gasteiger partial charge is 0.0637 e. The first-order valence-corrected chi connectivity index (χ1v) is 10.1. The first kappa shape index (κ1) is 19.2. The van der Waals surface area contributed by atoms with Crippen LogP contribution in [-0.4, -0.2) is 25.9 Å². The molecule has 2 heterocycles. The molecule has 2 aliphatic rings. The van der Waals surface area contributed by atoms with Gasteiger partial charge < -0.3 is 9.47 Å². The van der Waals surface area contributed by atoms with Crippen LogP contribution in [0.4, 0.5) is 0 Å². The van der Waals surface area contributed by atoms with Crippen LogP contribution in [-0.2, 0) is 9.47 Å². The Hall–Kier alpha value is -0.0800. The summed E-state index contributed by atoms with van der Waals surface area (Å²) in [4.78, 5) is 0. The van der Waals surface area contributed by atoms with Gasteiger partial charge in [-0.25, -0.2) is 0 Å². The second-order valence-corrected chi connectivity index (χ2v) is 9.06. The molecule has 2 aliphatic heterocycles. The predicted octanol–water partition coefficient (Wildman–Crippen LogP) is 5.41. The Labute approximate surface area is 144 Å². The lowest BCUT2D eigenvalue weighted by Crippen LogP contribution is -2.40. The Bertz CT molecular complexity index is 337. The molecule has 0 aromatic heterocycles. The summed E-state index contributed by atoms with van der Waals surface area (Å²) >= 11 is 0. The average Bonchev–Trinajstić information content (AvgIpc) is 2.85. The van der Waals surface area contributed by atoms with Crippen LogP contribution in [0.15, 0.2) is 0 Å². The summed E-state index contributed by atoms with van der Waals surface area (Å²) in [5.74, 6) is 5.02. The van der Waals surface area contributed by atoms with Crippen LogP contribution in [0.2, 0.25) is 0 Å². The lowest BCUT2D eigenvalue weighted by molar-refractivity contribution is -0.0603. The molecule has 5 unspecified atom stereocenters. The number of hydrogen-bond acceptors (Lipinski definition) is 2. The summed E-state index contributed by atoms with van der Waals surface area (Å²) < 4.78 is 12.5. The highest BCUT2D eigenvalue weighted by Gasteiger charge is 2.41. The quantitative estimate of drug-likeness (QED) is 0.688. The molecule has 0 aromatic rings. The van der Waals surface area contributed by atoms with Gasteiger partial charge in [-0.15, -0.1) is 0 Å². The Morgan fingerprint density at radius 1 is 0.783 bits per heavy atom. The van der Waals surface area contributed by atoms with Gasteiger partial charge in [0.25, 0.3) is 0 Å². The molecule has 2 saturated heterocycles. The summed E-state index contributed by atoms with van der Waals surface area (Å²) in [6.45, 7) is 17.1. The zero-order chi connectivity index (χ0) is 17.0. The average molecular weight is 325 g/mol. The zero-order valence-corrected chi connectivity index (χ0v) is 16.4. The fraction of sp³-hybridized carbons (Fsp3) is 1.00. The standard InChI is InChI=1S/C21H40O2/c1-14(2)17-9-11-23-21(19(12-17)15(3)4)18-8-7-10-22-13-20(18)16(5)6/h14-21H,7-13H2,1-6H3. The van der Waals surface area contributed by atoms with Gasteiger partial charge in [0.2, 0.25) is 0 Å². The van der Waals surface area contributed by atoms with Crippen molar-refractivity contribution in [1.29, 1.82) is 0 Å². The summed E-state index contributed by atoms with van der Waals surface area (Å²) in [7, 11) is 0. The summed E-state index contributed by atoms with van der Waals surface area (Å²) in [6, 6.07) is 0. The fourth-order valence-electron chi connectivity index (χ4n) is 4.85. The SMILES string of the molecule is CC(C)C1CCOC(C2CCCOCC2C(C)C)C(C(C)C)C1. The Morgan fingerprint density at radius 3 is 2.09 bits per heavy atom. The van der Waals surface area contributed by atoms with Gasteiger partial charge in [0.15, 0.2) is 0 Å². The van der Waals surface area contributed by atoms with E-state index in [0.29, 0.717) is 35.7 Å². The molecular weight excluding hydrogens is 284 g/mol. The molecule has 0 bridgehead atoms. The molecule has 5 atom stereocenters. The van der Waals surface area contributed by atoms with Gasteiger partial charge >= 0.3 is 0 Å². The molecule has 2 nitrogen and oxygen atoms in total. The fourth-order valence-corrected chi connectivity index (χ4v) is 4.85. The maximum Gasteiger partial charge on any atom is 0.0637 e. The third-order valence-electron chi connectivity index (χ3n) is 6.56. The maximum absolute atomic E-state index is 6.58. The number of hydrogen-bond donors (Lipinski definition) is 0. The lowest BCUT2D eigenvalue weighted by Gasteiger charge is -2.39. The van der Waals surface area contributed by atoms with Crippen LogP contribution in [0, 0.1) is 41.4 Å². The van der Waals surface area contributed by atoms with Crippen molar-refractivity contribution in [2.45, 2.75) is 73.3 Å². The Morgan fingerprint density at radius 2 is 1.48 bits per heavy atom. The number of ether oxygens (including phenoxy) is 2. The van der Waals surface area contributed by atoms with E-state index in [0.717, 1.165) is 31.7 Å². The second-order valence-electron chi connectivity index (χ2n) is 9.06. The van der Waals surface area contributed by atoms with Crippen molar-refractivity contribution < 1.29 is 9.47 Å². The molecule has 2 heteroatoms. The third kappa shape index (κ3) is 4.95. The van der Waals surface area contributed by atoms with E-state index >= 15 is 0 Å². The topological polar surface area (TPSA) is 18.5 Å². The third-order valence-corrected chi connectivity index (χ3v) is 6.56. The summed E-state index contributed by atoms with van der Waals surface area (Å²) in [5, 5.41) is 0. The predicted molar refractivity (Wildman–Crippen MR) is 97.5 cm³/mol. The van der Waals surface area contributed by atoms with Gasteiger partial charge in [0, 0.05) is 19.8 Å². The molecule has 0 amide bonds. The monoisotopic (exact) mass is 324 g/mol. The molecular formula is C21H40O2. The van der Waals surface area contributed by atoms with E-state index in [-0.39, 0.29) is 0 Å². The van der Waals surface area contributed by atoms with Crippen molar-refractivity contribution in [2.24, 2.45) is 41.4 Å². The molecule has 136 valence electrons. The Balaban J connectivity index is 2.21. The van der Waals surface area contributed by atoms with Crippen molar-refractivity contribution in [2.75, 3.05) is 19.8 Å². The van der Waals surface area contributed by atoms with E-state index in [2.05, 4.69) is 41.5 Å². The maximum atomic E-state index is 6.58. The molecule has 2 fully saturated rings. The summed E-state index contributed by atoms with van der Waals surface area (Å²) in [5.41, 5.74) is 0. The van der Waals surface area contributed by atoms with Crippen molar-refractivity contribution in [1.82, 2.24) is 0 Å². The van der Waals surface area contributed by atoms with Gasteiger partial charge in [-0.3, -0.25) is 0 Å². The molecule has 0 saturated carbocycles. The van der Waals surface area contributed by atoms with Gasteiger partial charge in [0.1, 0.15) is 0 Å². The lowest BCUT2D eigenvalue weighted by atomic mass is 9.70. The van der Waals surface area contributed by atoms with E-state index < -0.39 is 0 Å². The van der Waals surface area contributed by atoms with Gasteiger partial charge in [-0.1, -0.05) is 41.5 Å². The minimum absolute atomic E-state index is 0.438. The van der Waals surface area contributed by atoms with Crippen molar-refractivity contribution in [3.8, 4) is 0 Å². The molecule has 0 aromatic carbocycles. The van der Waals surface area contributed by atoms with E-state index in [1.807, 2.05) is 0 Å². The zero-order valence-electron chi connectivity index (χ0n) is 16.4. The van der Waals surface area contributed by atoms with Crippen molar-refractivity contribution >= 4 is 0 Å². The highest BCUT2D eigenvalue weighted by Crippen LogP contribution is 2.42. The minimum Gasteiger partial charge on any atom is -0.381 e. The second kappa shape index (κ2) is 8.85. The number of rotatable bonds is 4. The minimum atomic E-state index is 0.438. The van der Waals surface area contributed by atoms with Crippen molar-refractivity contribution in [3.63, 3.8) is 0 Å². The first-order valence-electron chi connectivity index (χ1n) is 10.1. The van der Waals surface area contributed by atoms with Crippen LogP contribution in [0.1, 0.15) is 67.2 Å². The molecule has 2 rings (SSSR count). The van der Waals surface area contributed by atoms with Gasteiger partial charge in [0.05, 0.1) is 6.10 Å². The van der Waals surface area contributed by atoms with E-state index in [4.69, 9.17) is 9.47 Å². The van der Waals surface area contributed by atoms with Crippen LogP contribution in [0.5, 0.6) is 0 Å². The van der Waals surface area contributed by atoms with Crippen LogP contribution in [0.25, 0.3) is 0 Å². The molecule has 0 N–H and O–H groups in total. The molecule has 0 spiro atoms. The van der Waals surface area contributed by atoms with Gasteiger partial charge in [-0.05, 0) is 67.1 Å². The van der Waals surface area contributed by atoms with E-state index in [1.54, 1.807) is 0 Å². The molecule has 0 radical (unpaired) electrons. The molecule has 0 aliphatic carbocycles. The molecule has 23 heavy (non-hydrogen) atoms. The van der Waals surface area contributed by atoms with Crippen molar-refractivity contribution in [3.05, 3.63) is 0 Å². The highest BCUT2D eigenvalue weighted by molar-refractivity contribution is 4.89. The largest absolute Gasteiger partial charge is 0.381 e. The highest BCUT2D eigenvalue weighted by atomic mass is 16.5. The normalized spacial score (nSPS) is 37.2. The first-order chi connectivity index (χ1) is 10.9. The van der Waals surface area contributed by atoms with Crippen LogP contribution in [0.3, 0.4) is 0 Å². The van der Waals surface area contributed by atoms with Crippen LogP contribution < -0.4 is 0 Å². The van der Waals surface area contributed by atoms with Crippen LogP contribution >= 0.6 is 0 Å². The summed E-state index contributed by atoms with van der Waals surface area (Å²) in [6.07, 6.45) is 5.51. The Kier molecular flexibility index (Phi) is 7.41. The van der Waals surface area contributed by atoms with Gasteiger partial charge in [-0.2, -0.15) is 0 Å².